The van der Waals surface area contributed by atoms with Gasteiger partial charge in [-0.2, -0.15) is 0 Å². The molecule has 0 saturated carbocycles. The molecule has 132 valence electrons. The molecule has 6 heteroatoms. The molecule has 0 aliphatic carbocycles. The maximum absolute atomic E-state index is 12.5. The van der Waals surface area contributed by atoms with Gasteiger partial charge in [-0.3, -0.25) is 4.79 Å². The van der Waals surface area contributed by atoms with E-state index in [1.807, 2.05) is 42.5 Å². The molecule has 0 bridgehead atoms. The lowest BCUT2D eigenvalue weighted by Crippen LogP contribution is -2.24. The van der Waals surface area contributed by atoms with E-state index in [0.717, 1.165) is 22.8 Å². The van der Waals surface area contributed by atoms with Crippen LogP contribution in [0.4, 0.5) is 0 Å². The molecular formula is C20H17ClN2O3. The van der Waals surface area contributed by atoms with Crippen LogP contribution in [0.3, 0.4) is 0 Å². The van der Waals surface area contributed by atoms with Gasteiger partial charge >= 0.3 is 0 Å². The molecule has 0 saturated heterocycles. The van der Waals surface area contributed by atoms with Crippen molar-refractivity contribution in [2.75, 3.05) is 13.2 Å². The third-order valence-corrected chi connectivity index (χ3v) is 4.51. The Morgan fingerprint density at radius 3 is 2.88 bits per heavy atom. The second kappa shape index (κ2) is 7.22. The topological polar surface area (TPSA) is 60.5 Å². The van der Waals surface area contributed by atoms with Gasteiger partial charge in [0, 0.05) is 23.9 Å². The summed E-state index contributed by atoms with van der Waals surface area (Å²) >= 11 is 6.21. The van der Waals surface area contributed by atoms with Crippen LogP contribution in [0.1, 0.15) is 22.5 Å². The number of fused-ring (bicyclic) bond motifs is 2. The average molecular weight is 369 g/mol. The molecule has 5 nitrogen and oxygen atoms in total. The van der Waals surface area contributed by atoms with Crippen molar-refractivity contribution in [1.82, 2.24) is 10.3 Å². The number of amides is 1. The number of para-hydroxylation sites is 1. The Kier molecular flexibility index (Phi) is 4.63. The standard InChI is InChI=1S/C20H17ClN2O3/c21-19-15-7-2-1-5-13(15)11-16(23-19)20(24)22-12-14-6-3-8-17-18(14)26-10-4-9-25-17/h1-3,5-8,11H,4,9-10,12H2,(H,22,24). The molecular weight excluding hydrogens is 352 g/mol. The van der Waals surface area contributed by atoms with Crippen LogP contribution in [0.5, 0.6) is 11.5 Å². The lowest BCUT2D eigenvalue weighted by Gasteiger charge is -2.13. The van der Waals surface area contributed by atoms with Crippen molar-refractivity contribution in [3.05, 3.63) is 64.9 Å². The van der Waals surface area contributed by atoms with E-state index < -0.39 is 0 Å². The first-order chi connectivity index (χ1) is 12.7. The zero-order valence-corrected chi connectivity index (χ0v) is 14.8. The number of nitrogens with zero attached hydrogens (tertiary/aromatic N) is 1. The number of hydrogen-bond donors (Lipinski definition) is 1. The maximum atomic E-state index is 12.5. The fraction of sp³-hybridized carbons (Fsp3) is 0.200. The summed E-state index contributed by atoms with van der Waals surface area (Å²) in [6, 6.07) is 15.0. The molecule has 2 heterocycles. The Morgan fingerprint density at radius 2 is 1.96 bits per heavy atom. The van der Waals surface area contributed by atoms with Crippen LogP contribution in [0.15, 0.2) is 48.5 Å². The SMILES string of the molecule is O=C(NCc1cccc2c1OCCCO2)c1cc2ccccc2c(Cl)n1. The van der Waals surface area contributed by atoms with Crippen molar-refractivity contribution < 1.29 is 14.3 Å². The van der Waals surface area contributed by atoms with Gasteiger partial charge in [0.15, 0.2) is 11.5 Å². The van der Waals surface area contributed by atoms with Crippen LogP contribution in [0.25, 0.3) is 10.8 Å². The second-order valence-electron chi connectivity index (χ2n) is 6.00. The van der Waals surface area contributed by atoms with Gasteiger partial charge in [-0.1, -0.05) is 48.0 Å². The van der Waals surface area contributed by atoms with E-state index in [-0.39, 0.29) is 11.6 Å². The summed E-state index contributed by atoms with van der Waals surface area (Å²) in [5.74, 6) is 1.11. The number of ether oxygens (including phenoxy) is 2. The molecule has 1 aromatic heterocycles. The third kappa shape index (κ3) is 3.30. The van der Waals surface area contributed by atoms with Crippen molar-refractivity contribution in [1.29, 1.82) is 0 Å². The molecule has 1 aliphatic heterocycles. The van der Waals surface area contributed by atoms with E-state index in [1.165, 1.54) is 0 Å². The summed E-state index contributed by atoms with van der Waals surface area (Å²) in [7, 11) is 0. The highest BCUT2D eigenvalue weighted by molar-refractivity contribution is 6.34. The molecule has 1 aliphatic rings. The molecule has 0 fully saturated rings. The minimum Gasteiger partial charge on any atom is -0.490 e. The molecule has 0 radical (unpaired) electrons. The predicted octanol–water partition coefficient (Wildman–Crippen LogP) is 3.98. The first-order valence-corrected chi connectivity index (χ1v) is 8.81. The smallest absolute Gasteiger partial charge is 0.270 e. The van der Waals surface area contributed by atoms with Gasteiger partial charge in [0.2, 0.25) is 0 Å². The molecule has 1 amide bonds. The van der Waals surface area contributed by atoms with E-state index in [0.29, 0.717) is 36.4 Å². The summed E-state index contributed by atoms with van der Waals surface area (Å²) in [6.45, 7) is 1.54. The number of aromatic nitrogens is 1. The Bertz CT molecular complexity index is 974. The van der Waals surface area contributed by atoms with Gasteiger partial charge in [-0.25, -0.2) is 4.98 Å². The number of benzene rings is 2. The van der Waals surface area contributed by atoms with Gasteiger partial charge < -0.3 is 14.8 Å². The highest BCUT2D eigenvalue weighted by atomic mass is 35.5. The summed E-state index contributed by atoms with van der Waals surface area (Å²) in [5.41, 5.74) is 1.15. The normalized spacial score (nSPS) is 13.3. The molecule has 3 aromatic rings. The van der Waals surface area contributed by atoms with Gasteiger partial charge in [-0.05, 0) is 17.5 Å². The van der Waals surface area contributed by atoms with Crippen molar-refractivity contribution in [2.45, 2.75) is 13.0 Å². The monoisotopic (exact) mass is 368 g/mol. The number of hydrogen-bond acceptors (Lipinski definition) is 4. The number of carbonyl (C=O) groups excluding carboxylic acids is 1. The van der Waals surface area contributed by atoms with Gasteiger partial charge in [0.05, 0.1) is 13.2 Å². The van der Waals surface area contributed by atoms with E-state index in [2.05, 4.69) is 10.3 Å². The van der Waals surface area contributed by atoms with Crippen LogP contribution in [-0.2, 0) is 6.54 Å². The number of halogens is 1. The van der Waals surface area contributed by atoms with E-state index in [4.69, 9.17) is 21.1 Å². The molecule has 0 atom stereocenters. The zero-order valence-electron chi connectivity index (χ0n) is 14.0. The number of carbonyl (C=O) groups is 1. The van der Waals surface area contributed by atoms with Crippen molar-refractivity contribution >= 4 is 28.3 Å². The van der Waals surface area contributed by atoms with Gasteiger partial charge in [-0.15, -0.1) is 0 Å². The van der Waals surface area contributed by atoms with Crippen LogP contribution < -0.4 is 14.8 Å². The molecule has 26 heavy (non-hydrogen) atoms. The number of pyridine rings is 1. The van der Waals surface area contributed by atoms with E-state index in [1.54, 1.807) is 6.07 Å². The Labute approximate surface area is 155 Å². The van der Waals surface area contributed by atoms with Crippen LogP contribution in [0.2, 0.25) is 5.15 Å². The Hall–Kier alpha value is -2.79. The Morgan fingerprint density at radius 1 is 1.12 bits per heavy atom. The largest absolute Gasteiger partial charge is 0.490 e. The van der Waals surface area contributed by atoms with Gasteiger partial charge in [0.1, 0.15) is 10.8 Å². The van der Waals surface area contributed by atoms with Crippen LogP contribution in [0, 0.1) is 0 Å². The lowest BCUT2D eigenvalue weighted by atomic mass is 10.1. The zero-order chi connectivity index (χ0) is 17.9. The minimum atomic E-state index is -0.287. The fourth-order valence-corrected chi connectivity index (χ4v) is 3.20. The molecule has 4 rings (SSSR count). The summed E-state index contributed by atoms with van der Waals surface area (Å²) in [6.07, 6.45) is 0.833. The van der Waals surface area contributed by atoms with Gasteiger partial charge in [0.25, 0.3) is 5.91 Å². The van der Waals surface area contributed by atoms with Crippen LogP contribution in [-0.4, -0.2) is 24.1 Å². The first kappa shape index (κ1) is 16.7. The predicted molar refractivity (Wildman–Crippen MR) is 100.0 cm³/mol. The molecule has 0 spiro atoms. The minimum absolute atomic E-state index is 0.285. The highest BCUT2D eigenvalue weighted by Crippen LogP contribution is 2.33. The molecule has 0 unspecified atom stereocenters. The summed E-state index contributed by atoms with van der Waals surface area (Å²) in [5, 5.41) is 4.90. The quantitative estimate of drug-likeness (QED) is 0.710. The van der Waals surface area contributed by atoms with Crippen molar-refractivity contribution in [2.24, 2.45) is 0 Å². The number of rotatable bonds is 3. The van der Waals surface area contributed by atoms with E-state index >= 15 is 0 Å². The van der Waals surface area contributed by atoms with Crippen molar-refractivity contribution in [3.8, 4) is 11.5 Å². The average Bonchev–Trinajstić information content (AvgIpc) is 2.92. The Balaban J connectivity index is 1.55. The molecule has 2 aromatic carbocycles. The maximum Gasteiger partial charge on any atom is 0.270 e. The van der Waals surface area contributed by atoms with Crippen LogP contribution >= 0.6 is 11.6 Å². The number of nitrogens with one attached hydrogen (secondary N) is 1. The third-order valence-electron chi connectivity index (χ3n) is 4.22. The van der Waals surface area contributed by atoms with E-state index in [9.17, 15) is 4.79 Å². The first-order valence-electron chi connectivity index (χ1n) is 8.43. The summed E-state index contributed by atoms with van der Waals surface area (Å²) in [4.78, 5) is 16.8. The molecule has 1 N–H and O–H groups in total. The fourth-order valence-electron chi connectivity index (χ4n) is 2.93. The van der Waals surface area contributed by atoms with Crippen molar-refractivity contribution in [3.63, 3.8) is 0 Å². The highest BCUT2D eigenvalue weighted by Gasteiger charge is 2.16. The lowest BCUT2D eigenvalue weighted by molar-refractivity contribution is 0.0946. The summed E-state index contributed by atoms with van der Waals surface area (Å²) < 4.78 is 11.5. The second-order valence-corrected chi connectivity index (χ2v) is 6.36.